The van der Waals surface area contributed by atoms with Crippen LogP contribution in [0.1, 0.15) is 45.2 Å². The maximum Gasteiger partial charge on any atom is 0.434 e. The van der Waals surface area contributed by atoms with Gasteiger partial charge in [-0.15, -0.1) is 10.2 Å². The van der Waals surface area contributed by atoms with Gasteiger partial charge >= 0.3 is 6.18 Å². The van der Waals surface area contributed by atoms with Crippen molar-refractivity contribution < 1.29 is 22.7 Å². The van der Waals surface area contributed by atoms with Gasteiger partial charge < -0.3 is 15.0 Å². The molecule has 2 aliphatic heterocycles. The van der Waals surface area contributed by atoms with Crippen molar-refractivity contribution in [2.75, 3.05) is 25.0 Å². The van der Waals surface area contributed by atoms with Crippen molar-refractivity contribution >= 4 is 11.7 Å². The fourth-order valence-electron chi connectivity index (χ4n) is 5.90. The summed E-state index contributed by atoms with van der Waals surface area (Å²) in [6.07, 6.45) is -0.0365. The van der Waals surface area contributed by atoms with Crippen molar-refractivity contribution in [3.05, 3.63) is 36.2 Å². The number of aromatic nitrogens is 3. The molecule has 0 radical (unpaired) electrons. The van der Waals surface area contributed by atoms with Crippen molar-refractivity contribution in [2.45, 2.75) is 57.3 Å². The third-order valence-corrected chi connectivity index (χ3v) is 7.48. The van der Waals surface area contributed by atoms with Crippen molar-refractivity contribution in [1.29, 1.82) is 0 Å². The maximum atomic E-state index is 13.3. The number of hydrogen-bond acceptors (Lipinski definition) is 6. The fraction of sp³-hybridized carbons (Fsp3) is 0.600. The quantitative estimate of drug-likeness (QED) is 0.685. The standard InChI is InChI=1S/C25H30F3N5O2/c1-24(2)12-15(7-9-35-24)23(34)33-13-16-10-18(11-17(16)14-33)30-21-6-5-20(31-32-21)19-4-3-8-29-22(19)25(26,27)28/h3-6,8,15-18H,7,9-14H2,1-2H3,(H,30,32). The number of rotatable bonds is 4. The molecule has 35 heavy (non-hydrogen) atoms. The molecule has 7 nitrogen and oxygen atoms in total. The van der Waals surface area contributed by atoms with Crippen LogP contribution in [0.2, 0.25) is 0 Å². The molecule has 188 valence electrons. The molecule has 1 saturated carbocycles. The number of nitrogens with one attached hydrogen (secondary N) is 1. The van der Waals surface area contributed by atoms with Crippen LogP contribution in [0.3, 0.4) is 0 Å². The molecule has 1 aliphatic carbocycles. The normalized spacial score (nSPS) is 28.1. The van der Waals surface area contributed by atoms with E-state index in [0.717, 1.165) is 45.0 Å². The van der Waals surface area contributed by atoms with Gasteiger partial charge in [0.05, 0.1) is 11.3 Å². The molecule has 3 atom stereocenters. The van der Waals surface area contributed by atoms with E-state index in [1.807, 2.05) is 18.7 Å². The Kier molecular flexibility index (Phi) is 6.19. The van der Waals surface area contributed by atoms with Crippen molar-refractivity contribution in [3.8, 4) is 11.3 Å². The number of alkyl halides is 3. The van der Waals surface area contributed by atoms with Crippen LogP contribution in [-0.2, 0) is 15.7 Å². The summed E-state index contributed by atoms with van der Waals surface area (Å²) in [7, 11) is 0. The van der Waals surface area contributed by atoms with E-state index in [1.54, 1.807) is 6.07 Å². The number of carbonyl (C=O) groups is 1. The lowest BCUT2D eigenvalue weighted by Crippen LogP contribution is -2.43. The summed E-state index contributed by atoms with van der Waals surface area (Å²) in [6.45, 7) is 6.29. The number of ether oxygens (including phenoxy) is 1. The van der Waals surface area contributed by atoms with Crippen LogP contribution in [0, 0.1) is 17.8 Å². The molecule has 3 aliphatic rings. The van der Waals surface area contributed by atoms with Crippen molar-refractivity contribution in [1.82, 2.24) is 20.1 Å². The summed E-state index contributed by atoms with van der Waals surface area (Å²) < 4.78 is 45.5. The molecule has 1 N–H and O–H groups in total. The fourth-order valence-corrected chi connectivity index (χ4v) is 5.90. The maximum absolute atomic E-state index is 13.3. The van der Waals surface area contributed by atoms with Crippen LogP contribution in [0.15, 0.2) is 30.5 Å². The Morgan fingerprint density at radius 2 is 1.89 bits per heavy atom. The molecule has 3 fully saturated rings. The minimum atomic E-state index is -4.56. The number of fused-ring (bicyclic) bond motifs is 1. The Hall–Kier alpha value is -2.75. The first-order chi connectivity index (χ1) is 16.6. The van der Waals surface area contributed by atoms with Gasteiger partial charge in [0.2, 0.25) is 5.91 Å². The number of hydrogen-bond donors (Lipinski definition) is 1. The second-order valence-corrected chi connectivity index (χ2v) is 10.6. The average molecular weight is 490 g/mol. The second kappa shape index (κ2) is 9.04. The molecule has 10 heteroatoms. The van der Waals surface area contributed by atoms with Crippen molar-refractivity contribution in [3.63, 3.8) is 0 Å². The van der Waals surface area contributed by atoms with Crippen LogP contribution in [0.4, 0.5) is 19.0 Å². The predicted molar refractivity (Wildman–Crippen MR) is 123 cm³/mol. The Labute approximate surface area is 202 Å². The Morgan fingerprint density at radius 3 is 2.51 bits per heavy atom. The molecule has 1 amide bonds. The molecule has 3 unspecified atom stereocenters. The zero-order valence-corrected chi connectivity index (χ0v) is 19.9. The largest absolute Gasteiger partial charge is 0.434 e. The highest BCUT2D eigenvalue weighted by molar-refractivity contribution is 5.79. The van der Waals surface area contributed by atoms with Gasteiger partial charge in [0.25, 0.3) is 0 Å². The van der Waals surface area contributed by atoms with Crippen LogP contribution < -0.4 is 5.32 Å². The summed E-state index contributed by atoms with van der Waals surface area (Å²) in [5, 5.41) is 11.5. The lowest BCUT2D eigenvalue weighted by molar-refractivity contribution is -0.144. The minimum absolute atomic E-state index is 0.0398. The molecule has 2 aromatic rings. The van der Waals surface area contributed by atoms with E-state index in [1.165, 1.54) is 18.2 Å². The molecule has 4 heterocycles. The lowest BCUT2D eigenvalue weighted by Gasteiger charge is -2.36. The van der Waals surface area contributed by atoms with Gasteiger partial charge in [-0.2, -0.15) is 13.2 Å². The topological polar surface area (TPSA) is 80.2 Å². The number of pyridine rings is 1. The molecule has 2 saturated heterocycles. The van der Waals surface area contributed by atoms with Gasteiger partial charge in [0.1, 0.15) is 5.82 Å². The van der Waals surface area contributed by atoms with Crippen LogP contribution in [0.5, 0.6) is 0 Å². The lowest BCUT2D eigenvalue weighted by atomic mass is 9.87. The van der Waals surface area contributed by atoms with Crippen LogP contribution in [0.25, 0.3) is 11.3 Å². The van der Waals surface area contributed by atoms with E-state index in [4.69, 9.17) is 4.74 Å². The van der Waals surface area contributed by atoms with Crippen LogP contribution in [-0.4, -0.2) is 57.3 Å². The molecular formula is C25H30F3N5O2. The van der Waals surface area contributed by atoms with Gasteiger partial charge in [-0.05, 0) is 75.6 Å². The highest BCUT2D eigenvalue weighted by Gasteiger charge is 2.44. The van der Waals surface area contributed by atoms with Crippen molar-refractivity contribution in [2.24, 2.45) is 17.8 Å². The first-order valence-electron chi connectivity index (χ1n) is 12.1. The van der Waals surface area contributed by atoms with E-state index in [9.17, 15) is 18.0 Å². The van der Waals surface area contributed by atoms with Crippen LogP contribution >= 0.6 is 0 Å². The molecule has 0 spiro atoms. The molecule has 0 aromatic carbocycles. The first kappa shape index (κ1) is 24.0. The van der Waals surface area contributed by atoms with E-state index in [-0.39, 0.29) is 34.7 Å². The number of likely N-dealkylation sites (tertiary alicyclic amines) is 1. The van der Waals surface area contributed by atoms with E-state index >= 15 is 0 Å². The highest BCUT2D eigenvalue weighted by Crippen LogP contribution is 2.41. The molecular weight excluding hydrogens is 459 g/mol. The highest BCUT2D eigenvalue weighted by atomic mass is 19.4. The number of nitrogens with zero attached hydrogens (tertiary/aromatic N) is 4. The zero-order chi connectivity index (χ0) is 24.8. The minimum Gasteiger partial charge on any atom is -0.376 e. The van der Waals surface area contributed by atoms with Gasteiger partial charge in [0, 0.05) is 43.4 Å². The molecule has 2 aromatic heterocycles. The van der Waals surface area contributed by atoms with Gasteiger partial charge in [-0.3, -0.25) is 9.78 Å². The number of amides is 1. The number of anilines is 1. The Balaban J connectivity index is 1.17. The number of halogens is 3. The predicted octanol–water partition coefficient (Wildman–Crippen LogP) is 4.41. The smallest absolute Gasteiger partial charge is 0.376 e. The first-order valence-corrected chi connectivity index (χ1v) is 12.1. The monoisotopic (exact) mass is 489 g/mol. The van der Waals surface area contributed by atoms with E-state index in [2.05, 4.69) is 20.5 Å². The Morgan fingerprint density at radius 1 is 1.14 bits per heavy atom. The Bertz CT molecular complexity index is 1060. The molecule has 5 rings (SSSR count). The summed E-state index contributed by atoms with van der Waals surface area (Å²) in [4.78, 5) is 18.6. The second-order valence-electron chi connectivity index (χ2n) is 10.6. The summed E-state index contributed by atoms with van der Waals surface area (Å²) >= 11 is 0. The average Bonchev–Trinajstić information content (AvgIpc) is 3.36. The van der Waals surface area contributed by atoms with Gasteiger partial charge in [-0.1, -0.05) is 0 Å². The van der Waals surface area contributed by atoms with Gasteiger partial charge in [-0.25, -0.2) is 0 Å². The van der Waals surface area contributed by atoms with Gasteiger partial charge in [0.15, 0.2) is 5.69 Å². The third kappa shape index (κ3) is 5.12. The number of carbonyl (C=O) groups excluding carboxylic acids is 1. The third-order valence-electron chi connectivity index (χ3n) is 7.48. The SMILES string of the molecule is CC1(C)CC(C(=O)N2CC3CC(Nc4ccc(-c5cccnc5C(F)(F)F)nn4)CC3C2)CCO1. The summed E-state index contributed by atoms with van der Waals surface area (Å²) in [5.74, 6) is 1.73. The van der Waals surface area contributed by atoms with E-state index < -0.39 is 11.9 Å². The van der Waals surface area contributed by atoms with E-state index in [0.29, 0.717) is 24.3 Å². The summed E-state index contributed by atoms with van der Waals surface area (Å²) in [6, 6.07) is 6.19. The zero-order valence-electron chi connectivity index (χ0n) is 19.9. The summed E-state index contributed by atoms with van der Waals surface area (Å²) in [5.41, 5.74) is -1.18. The molecule has 0 bridgehead atoms.